The Morgan fingerprint density at radius 2 is 1.64 bits per heavy atom. The van der Waals surface area contributed by atoms with E-state index in [9.17, 15) is 14.7 Å². The molecule has 2 aromatic rings. The van der Waals surface area contributed by atoms with Crippen LogP contribution in [0.5, 0.6) is 0 Å². The van der Waals surface area contributed by atoms with Crippen LogP contribution in [0.2, 0.25) is 0 Å². The zero-order chi connectivity index (χ0) is 20.3. The zero-order valence-electron chi connectivity index (χ0n) is 16.4. The van der Waals surface area contributed by atoms with Gasteiger partial charge in [-0.2, -0.15) is 0 Å². The van der Waals surface area contributed by atoms with Crippen LogP contribution in [0.1, 0.15) is 43.7 Å². The Balaban J connectivity index is 0.00000109. The number of benzene rings is 2. The summed E-state index contributed by atoms with van der Waals surface area (Å²) >= 11 is 0. The van der Waals surface area contributed by atoms with Crippen LogP contribution < -0.4 is 0 Å². The number of esters is 1. The Kier molecular flexibility index (Phi) is 5.68. The molecule has 1 fully saturated rings. The number of hydrogen-bond acceptors (Lipinski definition) is 3. The van der Waals surface area contributed by atoms with Gasteiger partial charge in [0.05, 0.1) is 11.8 Å². The third-order valence-corrected chi connectivity index (χ3v) is 5.68. The van der Waals surface area contributed by atoms with Crippen molar-refractivity contribution in [1.29, 1.82) is 0 Å². The number of carboxylic acids is 1. The first-order valence-corrected chi connectivity index (χ1v) is 9.76. The molecule has 0 aromatic heterocycles. The summed E-state index contributed by atoms with van der Waals surface area (Å²) in [5.74, 6) is -1.57. The number of allylic oxidation sites excluding steroid dienone is 1. The van der Waals surface area contributed by atoms with Gasteiger partial charge in [-0.15, -0.1) is 6.58 Å². The molecule has 0 unspecified atom stereocenters. The Morgan fingerprint density at radius 3 is 2.11 bits per heavy atom. The molecule has 0 saturated heterocycles. The topological polar surface area (TPSA) is 63.6 Å². The SMILES string of the molecule is C=C[C@@H]1C[C@]1(CC(=O)OCC1c2ccccc2-c2ccccc21)C(=O)O.CC. The van der Waals surface area contributed by atoms with Crippen molar-refractivity contribution in [2.45, 2.75) is 32.6 Å². The van der Waals surface area contributed by atoms with Crippen LogP contribution in [0.25, 0.3) is 11.1 Å². The average Bonchev–Trinajstić information content (AvgIpc) is 3.35. The fraction of sp³-hybridized carbons (Fsp3) is 0.333. The summed E-state index contributed by atoms with van der Waals surface area (Å²) in [6.45, 7) is 7.87. The van der Waals surface area contributed by atoms with E-state index in [2.05, 4.69) is 30.8 Å². The summed E-state index contributed by atoms with van der Waals surface area (Å²) in [6, 6.07) is 16.2. The molecule has 146 valence electrons. The summed E-state index contributed by atoms with van der Waals surface area (Å²) in [6.07, 6.45) is 1.97. The molecule has 2 aromatic carbocycles. The minimum absolute atomic E-state index is 0.0125. The maximum Gasteiger partial charge on any atom is 0.310 e. The van der Waals surface area contributed by atoms with Gasteiger partial charge in [0.15, 0.2) is 0 Å². The van der Waals surface area contributed by atoms with Crippen molar-refractivity contribution in [2.75, 3.05) is 6.61 Å². The van der Waals surface area contributed by atoms with Crippen LogP contribution in [0, 0.1) is 11.3 Å². The molecule has 0 heterocycles. The van der Waals surface area contributed by atoms with E-state index in [4.69, 9.17) is 4.74 Å². The smallest absolute Gasteiger partial charge is 0.310 e. The predicted molar refractivity (Wildman–Crippen MR) is 109 cm³/mol. The summed E-state index contributed by atoms with van der Waals surface area (Å²) < 4.78 is 5.52. The molecule has 0 amide bonds. The monoisotopic (exact) mass is 378 g/mol. The Labute approximate surface area is 165 Å². The van der Waals surface area contributed by atoms with E-state index in [1.807, 2.05) is 38.1 Å². The number of hydrogen-bond donors (Lipinski definition) is 1. The lowest BCUT2D eigenvalue weighted by Gasteiger charge is -2.16. The van der Waals surface area contributed by atoms with Gasteiger partial charge in [0, 0.05) is 5.92 Å². The quantitative estimate of drug-likeness (QED) is 0.565. The van der Waals surface area contributed by atoms with Gasteiger partial charge in [0.2, 0.25) is 0 Å². The van der Waals surface area contributed by atoms with Gasteiger partial charge < -0.3 is 9.84 Å². The van der Waals surface area contributed by atoms with Crippen molar-refractivity contribution in [3.63, 3.8) is 0 Å². The van der Waals surface area contributed by atoms with Gasteiger partial charge in [-0.05, 0) is 34.6 Å². The second-order valence-corrected chi connectivity index (χ2v) is 7.09. The van der Waals surface area contributed by atoms with E-state index in [1.54, 1.807) is 6.08 Å². The standard InChI is InChI=1S/C22H20O4.C2H6/c1-2-14-11-22(14,21(24)25)12-20(23)26-13-19-17-9-5-3-7-15(17)16-8-4-6-10-18(16)19;1-2/h2-10,14,19H,1,11-13H2,(H,24,25);1-2H3/t14-,22-;/m1./s1. The fourth-order valence-electron chi connectivity index (χ4n) is 4.09. The lowest BCUT2D eigenvalue weighted by Crippen LogP contribution is -2.23. The predicted octanol–water partition coefficient (Wildman–Crippen LogP) is 5.04. The van der Waals surface area contributed by atoms with Crippen LogP contribution in [0.4, 0.5) is 0 Å². The van der Waals surface area contributed by atoms with Crippen LogP contribution in [0.3, 0.4) is 0 Å². The number of ether oxygens (including phenoxy) is 1. The number of carbonyl (C=O) groups excluding carboxylic acids is 1. The maximum atomic E-state index is 12.3. The van der Waals surface area contributed by atoms with E-state index in [0.717, 1.165) is 11.1 Å². The van der Waals surface area contributed by atoms with Crippen molar-refractivity contribution >= 4 is 11.9 Å². The molecular weight excluding hydrogens is 352 g/mol. The Hall–Kier alpha value is -2.88. The highest BCUT2D eigenvalue weighted by atomic mass is 16.5. The summed E-state index contributed by atoms with van der Waals surface area (Å²) in [5.41, 5.74) is 3.60. The average molecular weight is 378 g/mol. The normalized spacial score (nSPS) is 21.6. The number of aliphatic carboxylic acids is 1. The molecule has 1 saturated carbocycles. The van der Waals surface area contributed by atoms with Gasteiger partial charge in [-0.3, -0.25) is 9.59 Å². The number of carboxylic acid groups (broad SMARTS) is 1. The first kappa shape index (κ1) is 19.9. The number of rotatable bonds is 6. The van der Waals surface area contributed by atoms with Gasteiger partial charge in [0.1, 0.15) is 6.61 Å². The van der Waals surface area contributed by atoms with E-state index in [-0.39, 0.29) is 24.9 Å². The van der Waals surface area contributed by atoms with Crippen LogP contribution in [-0.4, -0.2) is 23.7 Å². The lowest BCUT2D eigenvalue weighted by atomic mass is 9.97. The third kappa shape index (κ3) is 3.35. The van der Waals surface area contributed by atoms with Crippen LogP contribution >= 0.6 is 0 Å². The lowest BCUT2D eigenvalue weighted by molar-refractivity contribution is -0.153. The summed E-state index contributed by atoms with van der Waals surface area (Å²) in [4.78, 5) is 23.8. The second-order valence-electron chi connectivity index (χ2n) is 7.09. The molecule has 2 atom stereocenters. The zero-order valence-corrected chi connectivity index (χ0v) is 16.4. The minimum atomic E-state index is -1.02. The van der Waals surface area contributed by atoms with E-state index < -0.39 is 17.4 Å². The molecule has 4 heteroatoms. The Morgan fingerprint density at radius 1 is 1.11 bits per heavy atom. The molecule has 0 radical (unpaired) electrons. The highest BCUT2D eigenvalue weighted by molar-refractivity contribution is 5.86. The third-order valence-electron chi connectivity index (χ3n) is 5.68. The molecule has 0 aliphatic heterocycles. The molecule has 2 aliphatic rings. The summed E-state index contributed by atoms with van der Waals surface area (Å²) in [7, 11) is 0. The van der Waals surface area contributed by atoms with Crippen molar-refractivity contribution in [3.8, 4) is 11.1 Å². The molecule has 4 rings (SSSR count). The largest absolute Gasteiger partial charge is 0.481 e. The minimum Gasteiger partial charge on any atom is -0.481 e. The van der Waals surface area contributed by atoms with Gasteiger partial charge in [-0.25, -0.2) is 0 Å². The van der Waals surface area contributed by atoms with Gasteiger partial charge in [0.25, 0.3) is 0 Å². The molecule has 0 spiro atoms. The molecule has 4 nitrogen and oxygen atoms in total. The first-order valence-electron chi connectivity index (χ1n) is 9.76. The van der Waals surface area contributed by atoms with Crippen LogP contribution in [-0.2, 0) is 14.3 Å². The molecular formula is C24H26O4. The van der Waals surface area contributed by atoms with Crippen molar-refractivity contribution < 1.29 is 19.4 Å². The van der Waals surface area contributed by atoms with Gasteiger partial charge in [-0.1, -0.05) is 68.5 Å². The fourth-order valence-corrected chi connectivity index (χ4v) is 4.09. The molecule has 28 heavy (non-hydrogen) atoms. The highest BCUT2D eigenvalue weighted by Crippen LogP contribution is 2.56. The number of carbonyl (C=O) groups is 2. The van der Waals surface area contributed by atoms with E-state index >= 15 is 0 Å². The van der Waals surface area contributed by atoms with Crippen molar-refractivity contribution in [3.05, 3.63) is 72.3 Å². The maximum absolute atomic E-state index is 12.3. The van der Waals surface area contributed by atoms with E-state index in [1.165, 1.54) is 11.1 Å². The first-order chi connectivity index (χ1) is 13.6. The number of fused-ring (bicyclic) bond motifs is 3. The van der Waals surface area contributed by atoms with Gasteiger partial charge >= 0.3 is 11.9 Å². The molecule has 1 N–H and O–H groups in total. The summed E-state index contributed by atoms with van der Waals surface area (Å²) in [5, 5.41) is 9.44. The van der Waals surface area contributed by atoms with E-state index in [0.29, 0.717) is 6.42 Å². The molecule has 2 aliphatic carbocycles. The van der Waals surface area contributed by atoms with Crippen molar-refractivity contribution in [1.82, 2.24) is 0 Å². The second kappa shape index (κ2) is 8.01. The Bertz CT molecular complexity index is 855. The van der Waals surface area contributed by atoms with Crippen molar-refractivity contribution in [2.24, 2.45) is 11.3 Å². The highest BCUT2D eigenvalue weighted by Gasteiger charge is 2.60. The van der Waals surface area contributed by atoms with Crippen LogP contribution in [0.15, 0.2) is 61.2 Å². The molecule has 0 bridgehead atoms.